The molecule has 0 bridgehead atoms. The molecule has 0 saturated carbocycles. The minimum absolute atomic E-state index is 0.379. The Morgan fingerprint density at radius 2 is 1.84 bits per heavy atom. The number of rotatable bonds is 10. The highest BCUT2D eigenvalue weighted by atomic mass is 16.6. The van der Waals surface area contributed by atoms with Crippen LogP contribution < -0.4 is 5.73 Å². The van der Waals surface area contributed by atoms with Crippen molar-refractivity contribution in [3.05, 3.63) is 47.6 Å². The summed E-state index contributed by atoms with van der Waals surface area (Å²) < 4.78 is 10.6. The van der Waals surface area contributed by atoms with Crippen LogP contribution in [0, 0.1) is 5.92 Å². The van der Waals surface area contributed by atoms with Crippen molar-refractivity contribution in [2.24, 2.45) is 11.7 Å². The van der Waals surface area contributed by atoms with Crippen molar-refractivity contribution in [3.63, 3.8) is 0 Å². The van der Waals surface area contributed by atoms with E-state index >= 15 is 0 Å². The smallest absolute Gasteiger partial charge is 0.338 e. The number of hydrogen-bond acceptors (Lipinski definition) is 6. The lowest BCUT2D eigenvalue weighted by molar-refractivity contribution is -0.149. The SMILES string of the molecule is CC=C(C=C(C)C=CCC=CC(C)C(=O)[C@]1(C(N)=O)O[C@H]1[C@H](C)O)C(=O)OC(C)(C)C. The minimum Gasteiger partial charge on any atom is -0.456 e. The Labute approximate surface area is 184 Å². The first kappa shape index (κ1) is 26.5. The zero-order valence-electron chi connectivity index (χ0n) is 19.5. The van der Waals surface area contributed by atoms with E-state index in [2.05, 4.69) is 0 Å². The second kappa shape index (κ2) is 10.7. The number of primary amides is 1. The summed E-state index contributed by atoms with van der Waals surface area (Å²) in [6.45, 7) is 12.2. The lowest BCUT2D eigenvalue weighted by atomic mass is 9.88. The van der Waals surface area contributed by atoms with Gasteiger partial charge in [-0.1, -0.05) is 42.9 Å². The maximum atomic E-state index is 12.6. The highest BCUT2D eigenvalue weighted by molar-refractivity contribution is 6.13. The van der Waals surface area contributed by atoms with Gasteiger partial charge in [0.1, 0.15) is 11.7 Å². The van der Waals surface area contributed by atoms with Crippen LogP contribution in [-0.2, 0) is 23.9 Å². The van der Waals surface area contributed by atoms with Crippen LogP contribution in [-0.4, -0.2) is 46.2 Å². The van der Waals surface area contributed by atoms with Crippen molar-refractivity contribution in [2.45, 2.75) is 78.3 Å². The van der Waals surface area contributed by atoms with Gasteiger partial charge >= 0.3 is 5.97 Å². The molecule has 0 aromatic carbocycles. The Hall–Kier alpha value is -2.51. The molecular formula is C24H35NO6. The van der Waals surface area contributed by atoms with Gasteiger partial charge < -0.3 is 20.3 Å². The van der Waals surface area contributed by atoms with E-state index in [1.165, 1.54) is 6.92 Å². The average Bonchev–Trinajstić information content (AvgIpc) is 3.41. The molecule has 7 heteroatoms. The molecule has 1 fully saturated rings. The van der Waals surface area contributed by atoms with Crippen molar-refractivity contribution in [1.29, 1.82) is 0 Å². The summed E-state index contributed by atoms with van der Waals surface area (Å²) in [5.41, 5.74) is 4.39. The van der Waals surface area contributed by atoms with Crippen molar-refractivity contribution in [2.75, 3.05) is 0 Å². The van der Waals surface area contributed by atoms with Crippen molar-refractivity contribution in [1.82, 2.24) is 0 Å². The summed E-state index contributed by atoms with van der Waals surface area (Å²) in [6, 6.07) is 0. The molecule has 1 unspecified atom stereocenters. The molecule has 0 aliphatic carbocycles. The summed E-state index contributed by atoms with van der Waals surface area (Å²) in [7, 11) is 0. The van der Waals surface area contributed by atoms with Crippen molar-refractivity contribution >= 4 is 17.7 Å². The number of Topliss-reactive ketones (excluding diaryl/α,β-unsaturated/α-hetero) is 1. The predicted octanol–water partition coefficient (Wildman–Crippen LogP) is 2.93. The highest BCUT2D eigenvalue weighted by Crippen LogP contribution is 2.41. The largest absolute Gasteiger partial charge is 0.456 e. The van der Waals surface area contributed by atoms with Crippen LogP contribution in [0.2, 0.25) is 0 Å². The summed E-state index contributed by atoms with van der Waals surface area (Å²) in [4.78, 5) is 36.5. The molecule has 3 N–H and O–H groups in total. The van der Waals surface area contributed by atoms with E-state index < -0.39 is 41.0 Å². The molecule has 0 aromatic heterocycles. The van der Waals surface area contributed by atoms with Crippen LogP contribution in [0.15, 0.2) is 47.6 Å². The third-order valence-corrected chi connectivity index (χ3v) is 4.65. The first-order chi connectivity index (χ1) is 14.3. The Bertz CT molecular complexity index is 812. The number of carbonyl (C=O) groups is 3. The zero-order valence-corrected chi connectivity index (χ0v) is 19.5. The van der Waals surface area contributed by atoms with Gasteiger partial charge in [0, 0.05) is 5.92 Å². The first-order valence-electron chi connectivity index (χ1n) is 10.4. The van der Waals surface area contributed by atoms with Crippen LogP contribution in [0.1, 0.15) is 54.9 Å². The minimum atomic E-state index is -1.74. The monoisotopic (exact) mass is 433 g/mol. The Balaban J connectivity index is 2.67. The van der Waals surface area contributed by atoms with Crippen molar-refractivity contribution < 1.29 is 29.0 Å². The van der Waals surface area contributed by atoms with E-state index in [9.17, 15) is 19.5 Å². The number of epoxide rings is 1. The number of amides is 1. The normalized spacial score (nSPS) is 24.3. The molecule has 1 heterocycles. The van der Waals surface area contributed by atoms with Crippen LogP contribution in [0.25, 0.3) is 0 Å². The number of ether oxygens (including phenoxy) is 2. The van der Waals surface area contributed by atoms with E-state index in [1.54, 1.807) is 38.2 Å². The lowest BCUT2D eigenvalue weighted by Gasteiger charge is -2.19. The van der Waals surface area contributed by atoms with Crippen LogP contribution in [0.4, 0.5) is 0 Å². The molecular weight excluding hydrogens is 398 g/mol. The number of hydrogen-bond donors (Lipinski definition) is 2. The maximum absolute atomic E-state index is 12.6. The fourth-order valence-electron chi connectivity index (χ4n) is 3.05. The lowest BCUT2D eigenvalue weighted by Crippen LogP contribution is -2.45. The van der Waals surface area contributed by atoms with Gasteiger partial charge in [0.25, 0.3) is 5.91 Å². The third kappa shape index (κ3) is 7.29. The molecule has 1 saturated heterocycles. The predicted molar refractivity (Wildman–Crippen MR) is 119 cm³/mol. The number of allylic oxidation sites excluding steroid dienone is 6. The molecule has 0 radical (unpaired) electrons. The number of nitrogens with two attached hydrogens (primary N) is 1. The van der Waals surface area contributed by atoms with Crippen LogP contribution in [0.5, 0.6) is 0 Å². The standard InChI is InChI=1S/C24H35NO6/c1-8-18(21(28)31-23(5,6)7)14-15(2)12-10-9-11-13-16(3)19(27)24(22(25)29)20(30-24)17(4)26/h8,10-14,16-17,20,26H,9H2,1-7H3,(H2,25,29)/t16?,17-,20-,24-/m0/s1. The van der Waals surface area contributed by atoms with E-state index in [0.717, 1.165) is 5.57 Å². The molecule has 0 spiro atoms. The molecule has 172 valence electrons. The average molecular weight is 434 g/mol. The molecule has 0 aromatic rings. The Kier molecular flexibility index (Phi) is 9.14. The summed E-state index contributed by atoms with van der Waals surface area (Å²) in [6.07, 6.45) is 9.36. The van der Waals surface area contributed by atoms with Crippen LogP contribution >= 0.6 is 0 Å². The fourth-order valence-corrected chi connectivity index (χ4v) is 3.05. The number of ketones is 1. The quantitative estimate of drug-likeness (QED) is 0.137. The van der Waals surface area contributed by atoms with Gasteiger partial charge in [-0.25, -0.2) is 4.79 Å². The van der Waals surface area contributed by atoms with Gasteiger partial charge in [0.15, 0.2) is 5.78 Å². The molecule has 1 aliphatic rings. The molecule has 1 aliphatic heterocycles. The topological polar surface area (TPSA) is 119 Å². The number of aliphatic hydroxyl groups is 1. The Morgan fingerprint density at radius 1 is 1.23 bits per heavy atom. The van der Waals surface area contributed by atoms with E-state index in [1.807, 2.05) is 39.8 Å². The van der Waals surface area contributed by atoms with Gasteiger partial charge in [-0.05, 0) is 54.0 Å². The number of aliphatic hydroxyl groups excluding tert-OH is 1. The van der Waals surface area contributed by atoms with Gasteiger partial charge in [-0.3, -0.25) is 9.59 Å². The highest BCUT2D eigenvalue weighted by Gasteiger charge is 2.69. The molecule has 31 heavy (non-hydrogen) atoms. The fraction of sp³-hybridized carbons (Fsp3) is 0.542. The molecule has 1 amide bonds. The summed E-state index contributed by atoms with van der Waals surface area (Å²) in [5.74, 6) is -2.31. The third-order valence-electron chi connectivity index (χ3n) is 4.65. The van der Waals surface area contributed by atoms with Gasteiger partial charge in [0.05, 0.1) is 11.7 Å². The van der Waals surface area contributed by atoms with Crippen molar-refractivity contribution in [3.8, 4) is 0 Å². The summed E-state index contributed by atoms with van der Waals surface area (Å²) in [5, 5.41) is 9.62. The van der Waals surface area contributed by atoms with E-state index in [4.69, 9.17) is 15.2 Å². The van der Waals surface area contributed by atoms with Gasteiger partial charge in [-0.15, -0.1) is 0 Å². The molecule has 7 nitrogen and oxygen atoms in total. The second-order valence-electron chi connectivity index (χ2n) is 8.73. The number of carbonyl (C=O) groups excluding carboxylic acids is 3. The summed E-state index contributed by atoms with van der Waals surface area (Å²) >= 11 is 0. The zero-order chi connectivity index (χ0) is 24.0. The van der Waals surface area contributed by atoms with E-state index in [0.29, 0.717) is 12.0 Å². The molecule has 4 atom stereocenters. The first-order valence-corrected chi connectivity index (χ1v) is 10.4. The molecule has 1 rings (SSSR count). The van der Waals surface area contributed by atoms with Crippen LogP contribution in [0.3, 0.4) is 0 Å². The van der Waals surface area contributed by atoms with Gasteiger partial charge in [-0.2, -0.15) is 0 Å². The van der Waals surface area contributed by atoms with E-state index in [-0.39, 0.29) is 5.97 Å². The maximum Gasteiger partial charge on any atom is 0.338 e. The van der Waals surface area contributed by atoms with Gasteiger partial charge in [0.2, 0.25) is 5.60 Å². The second-order valence-corrected chi connectivity index (χ2v) is 8.73. The number of esters is 1. The Morgan fingerprint density at radius 3 is 2.29 bits per heavy atom.